The molecule has 0 fully saturated rings. The first-order valence-corrected chi connectivity index (χ1v) is 9.22. The number of nitrogens with zero attached hydrogens (tertiary/aromatic N) is 1. The fraction of sp³-hybridized carbons (Fsp3) is 0.300. The van der Waals surface area contributed by atoms with Crippen LogP contribution in [0.1, 0.15) is 34.5 Å². The van der Waals surface area contributed by atoms with Gasteiger partial charge in [-0.15, -0.1) is 0 Å². The monoisotopic (exact) mass is 417 g/mol. The smallest absolute Gasteiger partial charge is 0.251 e. The molecule has 2 amide bonds. The second kappa shape index (κ2) is 9.50. The molecule has 2 rings (SSSR count). The molecule has 0 bridgehead atoms. The summed E-state index contributed by atoms with van der Waals surface area (Å²) in [6, 6.07) is 15.3. The third-order valence-corrected chi connectivity index (χ3v) is 4.59. The number of carbonyl (C=O) groups excluding carboxylic acids is 2. The summed E-state index contributed by atoms with van der Waals surface area (Å²) in [6.07, 6.45) is 0. The van der Waals surface area contributed by atoms with Gasteiger partial charge >= 0.3 is 0 Å². The van der Waals surface area contributed by atoms with Crippen molar-refractivity contribution in [2.24, 2.45) is 0 Å². The van der Waals surface area contributed by atoms with E-state index in [0.717, 1.165) is 15.6 Å². The largest absolute Gasteiger partial charge is 0.355 e. The number of carbonyl (C=O) groups is 2. The van der Waals surface area contributed by atoms with E-state index in [0.29, 0.717) is 18.7 Å². The van der Waals surface area contributed by atoms with E-state index in [-0.39, 0.29) is 17.9 Å². The Hall–Kier alpha value is -2.18. The van der Waals surface area contributed by atoms with Crippen LogP contribution in [-0.2, 0) is 11.3 Å². The maximum atomic E-state index is 12.3. The Bertz CT molecular complexity index is 745. The summed E-state index contributed by atoms with van der Waals surface area (Å²) in [4.78, 5) is 25.8. The van der Waals surface area contributed by atoms with Crippen molar-refractivity contribution in [1.82, 2.24) is 15.5 Å². The minimum atomic E-state index is -0.105. The highest BCUT2D eigenvalue weighted by molar-refractivity contribution is 9.10. The van der Waals surface area contributed by atoms with Gasteiger partial charge in [-0.2, -0.15) is 0 Å². The highest BCUT2D eigenvalue weighted by atomic mass is 79.9. The Kier molecular flexibility index (Phi) is 7.36. The summed E-state index contributed by atoms with van der Waals surface area (Å²) in [6.45, 7) is 2.91. The number of hydrogen-bond acceptors (Lipinski definition) is 3. The van der Waals surface area contributed by atoms with Crippen LogP contribution in [0.15, 0.2) is 53.0 Å². The maximum Gasteiger partial charge on any atom is 0.251 e. The van der Waals surface area contributed by atoms with E-state index in [1.165, 1.54) is 0 Å². The van der Waals surface area contributed by atoms with E-state index in [4.69, 9.17) is 0 Å². The van der Waals surface area contributed by atoms with Crippen molar-refractivity contribution in [2.75, 3.05) is 20.6 Å². The van der Waals surface area contributed by atoms with Gasteiger partial charge in [-0.3, -0.25) is 14.5 Å². The van der Waals surface area contributed by atoms with Gasteiger partial charge in [0.1, 0.15) is 0 Å². The van der Waals surface area contributed by atoms with Crippen molar-refractivity contribution in [1.29, 1.82) is 0 Å². The average Bonchev–Trinajstić information content (AvgIpc) is 2.61. The minimum Gasteiger partial charge on any atom is -0.355 e. The highest BCUT2D eigenvalue weighted by Crippen LogP contribution is 2.16. The third kappa shape index (κ3) is 5.97. The molecule has 6 heteroatoms. The van der Waals surface area contributed by atoms with Gasteiger partial charge in [0.15, 0.2) is 0 Å². The second-order valence-corrected chi connectivity index (χ2v) is 7.20. The number of benzene rings is 2. The molecule has 2 N–H and O–H groups in total. The number of rotatable bonds is 7. The van der Waals surface area contributed by atoms with Crippen LogP contribution in [-0.4, -0.2) is 37.4 Å². The summed E-state index contributed by atoms with van der Waals surface area (Å²) in [5, 5.41) is 5.61. The van der Waals surface area contributed by atoms with Crippen molar-refractivity contribution < 1.29 is 9.59 Å². The molecular weight excluding hydrogens is 394 g/mol. The van der Waals surface area contributed by atoms with Gasteiger partial charge in [-0.05, 0) is 49.4 Å². The number of amides is 2. The van der Waals surface area contributed by atoms with Gasteiger partial charge in [0, 0.05) is 23.6 Å². The van der Waals surface area contributed by atoms with Gasteiger partial charge < -0.3 is 10.6 Å². The molecule has 0 saturated carbocycles. The molecule has 2 aromatic carbocycles. The lowest BCUT2D eigenvalue weighted by molar-refractivity contribution is -0.122. The van der Waals surface area contributed by atoms with E-state index >= 15 is 0 Å². The molecule has 0 aromatic heterocycles. The Labute approximate surface area is 162 Å². The number of nitrogens with one attached hydrogen (secondary N) is 2. The second-order valence-electron chi connectivity index (χ2n) is 6.29. The van der Waals surface area contributed by atoms with E-state index < -0.39 is 0 Å². The summed E-state index contributed by atoms with van der Waals surface area (Å²) >= 11 is 3.41. The van der Waals surface area contributed by atoms with Gasteiger partial charge in [-0.1, -0.05) is 40.2 Å². The van der Waals surface area contributed by atoms with E-state index in [9.17, 15) is 9.59 Å². The van der Waals surface area contributed by atoms with Crippen LogP contribution in [0.4, 0.5) is 0 Å². The predicted molar refractivity (Wildman–Crippen MR) is 107 cm³/mol. The minimum absolute atomic E-state index is 0.0232. The number of likely N-dealkylation sites (N-methyl/N-ethyl adjacent to an activating group) is 1. The zero-order chi connectivity index (χ0) is 19.1. The first-order valence-electron chi connectivity index (χ1n) is 8.43. The Morgan fingerprint density at radius 3 is 2.27 bits per heavy atom. The van der Waals surface area contributed by atoms with E-state index in [1.54, 1.807) is 19.2 Å². The van der Waals surface area contributed by atoms with Crippen molar-refractivity contribution in [3.8, 4) is 0 Å². The first kappa shape index (κ1) is 20.1. The Morgan fingerprint density at radius 2 is 1.69 bits per heavy atom. The molecule has 0 saturated heterocycles. The molecule has 2 aromatic rings. The summed E-state index contributed by atoms with van der Waals surface area (Å²) in [5.41, 5.74) is 2.74. The lowest BCUT2D eigenvalue weighted by Crippen LogP contribution is -2.36. The normalized spacial score (nSPS) is 11.9. The van der Waals surface area contributed by atoms with Crippen molar-refractivity contribution in [3.63, 3.8) is 0 Å². The SMILES string of the molecule is CNC(=O)c1ccc(CN(C)CC(=O)N[C@@H](C)c2ccc(Br)cc2)cc1. The van der Waals surface area contributed by atoms with Crippen LogP contribution in [0.2, 0.25) is 0 Å². The molecule has 0 unspecified atom stereocenters. The Morgan fingerprint density at radius 1 is 1.08 bits per heavy atom. The number of halogens is 1. The standard InChI is InChI=1S/C20H24BrN3O2/c1-14(16-8-10-18(21)11-9-16)23-19(25)13-24(3)12-15-4-6-17(7-5-15)20(26)22-2/h4-11,14H,12-13H2,1-3H3,(H,22,26)(H,23,25)/t14-/m0/s1. The van der Waals surface area contributed by atoms with Gasteiger partial charge in [0.25, 0.3) is 5.91 Å². The maximum absolute atomic E-state index is 12.3. The van der Waals surface area contributed by atoms with E-state index in [1.807, 2.05) is 55.3 Å². The molecule has 0 radical (unpaired) electrons. The molecule has 0 heterocycles. The van der Waals surface area contributed by atoms with Gasteiger partial charge in [0.05, 0.1) is 12.6 Å². The molecule has 0 spiro atoms. The van der Waals surface area contributed by atoms with Crippen molar-refractivity contribution in [2.45, 2.75) is 19.5 Å². The summed E-state index contributed by atoms with van der Waals surface area (Å²) in [5.74, 6) is -0.129. The van der Waals surface area contributed by atoms with Crippen LogP contribution in [0.25, 0.3) is 0 Å². The lowest BCUT2D eigenvalue weighted by Gasteiger charge is -2.19. The summed E-state index contributed by atoms with van der Waals surface area (Å²) in [7, 11) is 3.51. The molecule has 0 aliphatic rings. The Balaban J connectivity index is 1.84. The lowest BCUT2D eigenvalue weighted by atomic mass is 10.1. The topological polar surface area (TPSA) is 61.4 Å². The van der Waals surface area contributed by atoms with Crippen molar-refractivity contribution in [3.05, 3.63) is 69.7 Å². The first-order chi connectivity index (χ1) is 12.4. The van der Waals surface area contributed by atoms with Crippen molar-refractivity contribution >= 4 is 27.7 Å². The average molecular weight is 418 g/mol. The van der Waals surface area contributed by atoms with Gasteiger partial charge in [0.2, 0.25) is 5.91 Å². The van der Waals surface area contributed by atoms with Crippen LogP contribution >= 0.6 is 15.9 Å². The molecule has 26 heavy (non-hydrogen) atoms. The van der Waals surface area contributed by atoms with Crippen LogP contribution < -0.4 is 10.6 Å². The van der Waals surface area contributed by atoms with Crippen LogP contribution in [0.3, 0.4) is 0 Å². The highest BCUT2D eigenvalue weighted by Gasteiger charge is 2.12. The molecule has 1 atom stereocenters. The van der Waals surface area contributed by atoms with Gasteiger partial charge in [-0.25, -0.2) is 0 Å². The third-order valence-electron chi connectivity index (χ3n) is 4.06. The molecule has 0 aliphatic carbocycles. The zero-order valence-electron chi connectivity index (χ0n) is 15.3. The predicted octanol–water partition coefficient (Wildman–Crippen LogP) is 3.12. The van der Waals surface area contributed by atoms with Crippen LogP contribution in [0.5, 0.6) is 0 Å². The summed E-state index contributed by atoms with van der Waals surface area (Å²) < 4.78 is 1.02. The zero-order valence-corrected chi connectivity index (χ0v) is 16.8. The fourth-order valence-electron chi connectivity index (χ4n) is 2.64. The quantitative estimate of drug-likeness (QED) is 0.727. The fourth-order valence-corrected chi connectivity index (χ4v) is 2.90. The van der Waals surface area contributed by atoms with Crippen LogP contribution in [0, 0.1) is 0 Å². The molecule has 0 aliphatic heterocycles. The number of hydrogen-bond donors (Lipinski definition) is 2. The van der Waals surface area contributed by atoms with E-state index in [2.05, 4.69) is 26.6 Å². The molecule has 138 valence electrons. The molecule has 5 nitrogen and oxygen atoms in total. The molecular formula is C20H24BrN3O2.